The van der Waals surface area contributed by atoms with Gasteiger partial charge in [-0.1, -0.05) is 6.92 Å². The Hall–Kier alpha value is -0.800. The smallest absolute Gasteiger partial charge is 0.396 e. The average molecular weight is 224 g/mol. The van der Waals surface area contributed by atoms with Crippen molar-refractivity contribution >= 4 is 0 Å². The molecular formula is C9H15F3N2O. The standard InChI is InChI=1S/C9H15F3N2O/c1-2-14(4-3-5-15)7-8(6-13)9(10,11)12/h8,15H,2-5,7H2,1H3. The number of aliphatic hydroxyl groups excluding tert-OH is 1. The molecule has 0 bridgehead atoms. The molecule has 0 aliphatic rings. The van der Waals surface area contributed by atoms with Gasteiger partial charge in [-0.2, -0.15) is 18.4 Å². The van der Waals surface area contributed by atoms with E-state index in [-0.39, 0.29) is 13.2 Å². The van der Waals surface area contributed by atoms with E-state index in [0.29, 0.717) is 19.5 Å². The van der Waals surface area contributed by atoms with Crippen molar-refractivity contribution < 1.29 is 18.3 Å². The van der Waals surface area contributed by atoms with Gasteiger partial charge in [-0.15, -0.1) is 0 Å². The maximum absolute atomic E-state index is 12.2. The van der Waals surface area contributed by atoms with Crippen molar-refractivity contribution in [3.05, 3.63) is 0 Å². The lowest BCUT2D eigenvalue weighted by Gasteiger charge is -2.23. The summed E-state index contributed by atoms with van der Waals surface area (Å²) in [5.41, 5.74) is 0. The summed E-state index contributed by atoms with van der Waals surface area (Å²) in [6, 6.07) is 1.25. The van der Waals surface area contributed by atoms with Crippen LogP contribution >= 0.6 is 0 Å². The zero-order valence-corrected chi connectivity index (χ0v) is 8.59. The molecule has 0 aliphatic carbocycles. The zero-order valence-electron chi connectivity index (χ0n) is 8.59. The number of hydrogen-bond donors (Lipinski definition) is 1. The Labute approximate surface area is 87.1 Å². The SMILES string of the molecule is CCN(CCCO)CC(C#N)C(F)(F)F. The van der Waals surface area contributed by atoms with Crippen LogP contribution in [0, 0.1) is 17.2 Å². The molecule has 0 saturated heterocycles. The third-order valence-corrected chi connectivity index (χ3v) is 2.07. The van der Waals surface area contributed by atoms with Crippen LogP contribution in [0.4, 0.5) is 13.2 Å². The van der Waals surface area contributed by atoms with Gasteiger partial charge < -0.3 is 10.0 Å². The highest BCUT2D eigenvalue weighted by Crippen LogP contribution is 2.26. The van der Waals surface area contributed by atoms with Crippen molar-refractivity contribution in [2.24, 2.45) is 5.92 Å². The molecule has 0 spiro atoms. The molecule has 0 aromatic carbocycles. The number of alkyl halides is 3. The van der Waals surface area contributed by atoms with E-state index < -0.39 is 12.1 Å². The Kier molecular flexibility index (Phi) is 6.29. The molecule has 0 aliphatic heterocycles. The molecule has 0 amide bonds. The molecule has 3 nitrogen and oxygen atoms in total. The van der Waals surface area contributed by atoms with Gasteiger partial charge in [0, 0.05) is 19.7 Å². The zero-order chi connectivity index (χ0) is 11.9. The summed E-state index contributed by atoms with van der Waals surface area (Å²) in [5, 5.41) is 16.9. The average Bonchev–Trinajstić information content (AvgIpc) is 2.16. The van der Waals surface area contributed by atoms with Crippen molar-refractivity contribution in [1.29, 1.82) is 5.26 Å². The fourth-order valence-electron chi connectivity index (χ4n) is 1.15. The van der Waals surface area contributed by atoms with Crippen molar-refractivity contribution in [2.45, 2.75) is 19.5 Å². The van der Waals surface area contributed by atoms with Crippen LogP contribution in [0.1, 0.15) is 13.3 Å². The minimum absolute atomic E-state index is 0.0558. The molecule has 15 heavy (non-hydrogen) atoms. The maximum Gasteiger partial charge on any atom is 0.405 e. The molecule has 0 aromatic heterocycles. The molecular weight excluding hydrogens is 209 g/mol. The van der Waals surface area contributed by atoms with Gasteiger partial charge in [-0.05, 0) is 13.0 Å². The largest absolute Gasteiger partial charge is 0.405 e. The van der Waals surface area contributed by atoms with E-state index in [2.05, 4.69) is 0 Å². The third kappa shape index (κ3) is 5.60. The second-order valence-electron chi connectivity index (χ2n) is 3.19. The minimum Gasteiger partial charge on any atom is -0.396 e. The van der Waals surface area contributed by atoms with Crippen LogP contribution in [-0.2, 0) is 0 Å². The number of hydrogen-bond acceptors (Lipinski definition) is 3. The normalized spacial score (nSPS) is 13.9. The van der Waals surface area contributed by atoms with Crippen molar-refractivity contribution in [3.8, 4) is 6.07 Å². The summed E-state index contributed by atoms with van der Waals surface area (Å²) in [5.74, 6) is -1.95. The summed E-state index contributed by atoms with van der Waals surface area (Å²) < 4.78 is 36.7. The Morgan fingerprint density at radius 2 is 2.07 bits per heavy atom. The Balaban J connectivity index is 4.20. The lowest BCUT2D eigenvalue weighted by molar-refractivity contribution is -0.163. The Bertz CT molecular complexity index is 212. The molecule has 0 aromatic rings. The Morgan fingerprint density at radius 1 is 1.47 bits per heavy atom. The molecule has 0 fully saturated rings. The topological polar surface area (TPSA) is 47.3 Å². The van der Waals surface area contributed by atoms with Crippen molar-refractivity contribution in [2.75, 3.05) is 26.2 Å². The van der Waals surface area contributed by atoms with Crippen LogP contribution in [-0.4, -0.2) is 42.4 Å². The highest BCUT2D eigenvalue weighted by atomic mass is 19.4. The van der Waals surface area contributed by atoms with Gasteiger partial charge in [0.1, 0.15) is 0 Å². The third-order valence-electron chi connectivity index (χ3n) is 2.07. The van der Waals surface area contributed by atoms with E-state index in [0.717, 1.165) is 0 Å². The minimum atomic E-state index is -4.47. The van der Waals surface area contributed by atoms with Gasteiger partial charge in [0.2, 0.25) is 0 Å². The predicted molar refractivity (Wildman–Crippen MR) is 49.0 cm³/mol. The highest BCUT2D eigenvalue weighted by molar-refractivity contribution is 4.90. The van der Waals surface area contributed by atoms with E-state index >= 15 is 0 Å². The molecule has 0 rings (SSSR count). The van der Waals surface area contributed by atoms with Gasteiger partial charge in [-0.3, -0.25) is 0 Å². The molecule has 1 unspecified atom stereocenters. The molecule has 0 saturated carbocycles. The van der Waals surface area contributed by atoms with E-state index in [1.165, 1.54) is 11.0 Å². The Morgan fingerprint density at radius 3 is 2.40 bits per heavy atom. The summed E-state index contributed by atoms with van der Waals surface area (Å²) in [4.78, 5) is 1.51. The molecule has 88 valence electrons. The van der Waals surface area contributed by atoms with E-state index in [9.17, 15) is 13.2 Å². The quantitative estimate of drug-likeness (QED) is 0.741. The van der Waals surface area contributed by atoms with Crippen molar-refractivity contribution in [3.63, 3.8) is 0 Å². The van der Waals surface area contributed by atoms with Gasteiger partial charge in [0.15, 0.2) is 5.92 Å². The summed E-state index contributed by atoms with van der Waals surface area (Å²) in [6.45, 7) is 2.16. The lowest BCUT2D eigenvalue weighted by Crippen LogP contribution is -2.36. The van der Waals surface area contributed by atoms with Crippen LogP contribution in [0.15, 0.2) is 0 Å². The predicted octanol–water partition coefficient (Wildman–Crippen LogP) is 1.39. The summed E-state index contributed by atoms with van der Waals surface area (Å²) >= 11 is 0. The molecule has 1 N–H and O–H groups in total. The van der Waals surface area contributed by atoms with Crippen LogP contribution in [0.3, 0.4) is 0 Å². The first kappa shape index (κ1) is 14.2. The molecule has 0 radical (unpaired) electrons. The lowest BCUT2D eigenvalue weighted by atomic mass is 10.1. The number of halogens is 3. The fourth-order valence-corrected chi connectivity index (χ4v) is 1.15. The second-order valence-corrected chi connectivity index (χ2v) is 3.19. The monoisotopic (exact) mass is 224 g/mol. The van der Waals surface area contributed by atoms with Gasteiger partial charge in [-0.25, -0.2) is 0 Å². The number of rotatable bonds is 6. The van der Waals surface area contributed by atoms with E-state index in [4.69, 9.17) is 10.4 Å². The molecule has 1 atom stereocenters. The number of aliphatic hydroxyl groups is 1. The number of nitriles is 1. The van der Waals surface area contributed by atoms with Gasteiger partial charge in [0.05, 0.1) is 6.07 Å². The highest BCUT2D eigenvalue weighted by Gasteiger charge is 2.40. The summed E-state index contributed by atoms with van der Waals surface area (Å²) in [7, 11) is 0. The van der Waals surface area contributed by atoms with Crippen LogP contribution < -0.4 is 0 Å². The molecule has 0 heterocycles. The van der Waals surface area contributed by atoms with Crippen LogP contribution in [0.25, 0.3) is 0 Å². The maximum atomic E-state index is 12.2. The van der Waals surface area contributed by atoms with E-state index in [1.807, 2.05) is 0 Å². The summed E-state index contributed by atoms with van der Waals surface area (Å²) in [6.07, 6.45) is -4.05. The fraction of sp³-hybridized carbons (Fsp3) is 0.889. The van der Waals surface area contributed by atoms with E-state index in [1.54, 1.807) is 6.92 Å². The first-order valence-corrected chi connectivity index (χ1v) is 4.75. The first-order chi connectivity index (χ1) is 6.95. The van der Waals surface area contributed by atoms with Gasteiger partial charge in [0.25, 0.3) is 0 Å². The number of nitrogens with zero attached hydrogens (tertiary/aromatic N) is 2. The van der Waals surface area contributed by atoms with Crippen LogP contribution in [0.2, 0.25) is 0 Å². The van der Waals surface area contributed by atoms with Crippen molar-refractivity contribution in [1.82, 2.24) is 4.90 Å². The second kappa shape index (κ2) is 6.64. The first-order valence-electron chi connectivity index (χ1n) is 4.75. The van der Waals surface area contributed by atoms with Gasteiger partial charge >= 0.3 is 6.18 Å². The molecule has 6 heteroatoms. The van der Waals surface area contributed by atoms with Crippen LogP contribution in [0.5, 0.6) is 0 Å².